The molecule has 166 valence electrons. The number of anilines is 2. The minimum atomic E-state index is -4.50. The van der Waals surface area contributed by atoms with Crippen LogP contribution in [0.15, 0.2) is 60.7 Å². The summed E-state index contributed by atoms with van der Waals surface area (Å²) in [6.45, 7) is 0.217. The van der Waals surface area contributed by atoms with Crippen LogP contribution in [0, 0.1) is 10.1 Å². The van der Waals surface area contributed by atoms with Crippen LogP contribution < -0.4 is 10.6 Å². The molecule has 0 atom stereocenters. The lowest BCUT2D eigenvalue weighted by molar-refractivity contribution is -0.384. The Kier molecular flexibility index (Phi) is 6.90. The molecule has 3 aromatic rings. The molecule has 0 aliphatic heterocycles. The summed E-state index contributed by atoms with van der Waals surface area (Å²) in [6, 6.07) is 12.6. The zero-order valence-electron chi connectivity index (χ0n) is 16.0. The summed E-state index contributed by atoms with van der Waals surface area (Å²) < 4.78 is 37.9. The number of nitrogens with one attached hydrogen (secondary N) is 2. The van der Waals surface area contributed by atoms with Gasteiger partial charge in [-0.3, -0.25) is 14.9 Å². The highest BCUT2D eigenvalue weighted by Gasteiger charge is 2.30. The summed E-state index contributed by atoms with van der Waals surface area (Å²) >= 11 is 11.8. The maximum absolute atomic E-state index is 12.6. The number of alkyl halides is 3. The molecule has 0 unspecified atom stereocenters. The average molecular weight is 484 g/mol. The van der Waals surface area contributed by atoms with Gasteiger partial charge in [0.05, 0.1) is 20.5 Å². The minimum Gasteiger partial charge on any atom is -0.375 e. The van der Waals surface area contributed by atoms with Crippen molar-refractivity contribution >= 4 is 46.2 Å². The van der Waals surface area contributed by atoms with E-state index < -0.39 is 22.6 Å². The Morgan fingerprint density at radius 1 is 0.969 bits per heavy atom. The van der Waals surface area contributed by atoms with Crippen LogP contribution in [0.2, 0.25) is 10.0 Å². The molecule has 0 spiro atoms. The van der Waals surface area contributed by atoms with Crippen LogP contribution in [-0.2, 0) is 12.7 Å². The zero-order valence-corrected chi connectivity index (χ0v) is 17.6. The molecule has 0 heterocycles. The predicted octanol–water partition coefficient (Wildman–Crippen LogP) is 6.78. The van der Waals surface area contributed by atoms with Crippen LogP contribution in [0.3, 0.4) is 0 Å². The van der Waals surface area contributed by atoms with E-state index in [0.717, 1.165) is 35.9 Å². The number of rotatable bonds is 6. The maximum Gasteiger partial charge on any atom is 0.416 e. The van der Waals surface area contributed by atoms with Gasteiger partial charge in [-0.2, -0.15) is 13.2 Å². The highest BCUT2D eigenvalue weighted by molar-refractivity contribution is 6.42. The van der Waals surface area contributed by atoms with Gasteiger partial charge in [-0.1, -0.05) is 29.3 Å². The third-order valence-corrected chi connectivity index (χ3v) is 5.13. The molecule has 32 heavy (non-hydrogen) atoms. The van der Waals surface area contributed by atoms with Crippen molar-refractivity contribution < 1.29 is 22.9 Å². The van der Waals surface area contributed by atoms with Gasteiger partial charge in [0.25, 0.3) is 11.6 Å². The molecule has 3 rings (SSSR count). The van der Waals surface area contributed by atoms with Crippen molar-refractivity contribution in [2.45, 2.75) is 12.7 Å². The second-order valence-corrected chi connectivity index (χ2v) is 7.43. The first-order chi connectivity index (χ1) is 15.0. The van der Waals surface area contributed by atoms with E-state index in [4.69, 9.17) is 23.2 Å². The molecule has 0 radical (unpaired) electrons. The van der Waals surface area contributed by atoms with E-state index in [1.54, 1.807) is 18.2 Å². The number of amides is 1. The fourth-order valence-electron chi connectivity index (χ4n) is 2.77. The largest absolute Gasteiger partial charge is 0.416 e. The third kappa shape index (κ3) is 5.68. The Morgan fingerprint density at radius 2 is 1.66 bits per heavy atom. The van der Waals surface area contributed by atoms with E-state index in [-0.39, 0.29) is 29.2 Å². The zero-order chi connectivity index (χ0) is 23.5. The van der Waals surface area contributed by atoms with Crippen LogP contribution in [0.25, 0.3) is 0 Å². The highest BCUT2D eigenvalue weighted by atomic mass is 35.5. The van der Waals surface area contributed by atoms with Gasteiger partial charge in [-0.15, -0.1) is 0 Å². The van der Waals surface area contributed by atoms with E-state index in [1.807, 2.05) is 0 Å². The summed E-state index contributed by atoms with van der Waals surface area (Å²) in [7, 11) is 0. The molecule has 0 saturated heterocycles. The number of hydrogen-bond acceptors (Lipinski definition) is 4. The lowest BCUT2D eigenvalue weighted by atomic mass is 10.1. The van der Waals surface area contributed by atoms with Crippen molar-refractivity contribution in [3.63, 3.8) is 0 Å². The normalized spacial score (nSPS) is 11.2. The van der Waals surface area contributed by atoms with Crippen LogP contribution in [-0.4, -0.2) is 10.8 Å². The van der Waals surface area contributed by atoms with Gasteiger partial charge in [-0.25, -0.2) is 0 Å². The van der Waals surface area contributed by atoms with E-state index in [0.29, 0.717) is 10.0 Å². The Morgan fingerprint density at radius 3 is 2.25 bits per heavy atom. The molecule has 0 bridgehead atoms. The molecule has 0 aromatic heterocycles. The molecule has 3 aromatic carbocycles. The second-order valence-electron chi connectivity index (χ2n) is 6.62. The van der Waals surface area contributed by atoms with E-state index in [2.05, 4.69) is 10.6 Å². The van der Waals surface area contributed by atoms with Gasteiger partial charge in [-0.05, 0) is 54.1 Å². The van der Waals surface area contributed by atoms with Gasteiger partial charge < -0.3 is 10.6 Å². The van der Waals surface area contributed by atoms with Gasteiger partial charge in [0.2, 0.25) is 0 Å². The van der Waals surface area contributed by atoms with E-state index >= 15 is 0 Å². The van der Waals surface area contributed by atoms with Gasteiger partial charge >= 0.3 is 6.18 Å². The first-order valence-electron chi connectivity index (χ1n) is 8.99. The molecule has 2 N–H and O–H groups in total. The van der Waals surface area contributed by atoms with Crippen LogP contribution in [0.4, 0.5) is 30.2 Å². The van der Waals surface area contributed by atoms with Crippen LogP contribution in [0.5, 0.6) is 0 Å². The number of nitrogens with zero attached hydrogens (tertiary/aromatic N) is 1. The molecule has 0 fully saturated rings. The Balaban J connectivity index is 1.75. The molecular weight excluding hydrogens is 470 g/mol. The lowest BCUT2D eigenvalue weighted by Gasteiger charge is -2.11. The summed E-state index contributed by atoms with van der Waals surface area (Å²) in [5.41, 5.74) is -0.206. The van der Waals surface area contributed by atoms with Crippen molar-refractivity contribution in [1.29, 1.82) is 0 Å². The Bertz CT molecular complexity index is 1170. The van der Waals surface area contributed by atoms with Gasteiger partial charge in [0.1, 0.15) is 5.69 Å². The highest BCUT2D eigenvalue weighted by Crippen LogP contribution is 2.31. The number of carbonyl (C=O) groups excluding carboxylic acids is 1. The van der Waals surface area contributed by atoms with Crippen molar-refractivity contribution in [2.75, 3.05) is 10.6 Å². The standard InChI is InChI=1S/C21H14Cl2F3N3O3/c22-16-7-1-12(9-17(16)23)11-27-18-8-2-13(10-19(18)29(31)32)20(30)28-15-5-3-14(4-6-15)21(24,25)26/h1-10,27H,11H2,(H,28,30). The number of halogens is 5. The molecule has 6 nitrogen and oxygen atoms in total. The van der Waals surface area contributed by atoms with E-state index in [1.165, 1.54) is 12.1 Å². The number of nitro groups is 1. The molecule has 0 saturated carbocycles. The molecule has 11 heteroatoms. The average Bonchev–Trinajstić information content (AvgIpc) is 2.74. The minimum absolute atomic E-state index is 0.0308. The quantitative estimate of drug-likeness (QED) is 0.298. The second kappa shape index (κ2) is 9.46. The Labute approximate surface area is 190 Å². The first kappa shape index (κ1) is 23.4. The predicted molar refractivity (Wildman–Crippen MR) is 116 cm³/mol. The van der Waals surface area contributed by atoms with Crippen molar-refractivity contribution in [3.8, 4) is 0 Å². The molecular formula is C21H14Cl2F3N3O3. The van der Waals surface area contributed by atoms with Crippen LogP contribution in [0.1, 0.15) is 21.5 Å². The number of nitro benzene ring substituents is 1. The van der Waals surface area contributed by atoms with E-state index in [9.17, 15) is 28.1 Å². The number of hydrogen-bond donors (Lipinski definition) is 2. The molecule has 0 aliphatic rings. The Hall–Kier alpha value is -3.30. The van der Waals surface area contributed by atoms with Gasteiger partial charge in [0.15, 0.2) is 0 Å². The number of benzene rings is 3. The summed E-state index contributed by atoms with van der Waals surface area (Å²) in [6.07, 6.45) is -4.50. The topological polar surface area (TPSA) is 84.3 Å². The number of carbonyl (C=O) groups is 1. The first-order valence-corrected chi connectivity index (χ1v) is 9.75. The summed E-state index contributed by atoms with van der Waals surface area (Å²) in [4.78, 5) is 23.3. The summed E-state index contributed by atoms with van der Waals surface area (Å²) in [5, 5.41) is 17.5. The van der Waals surface area contributed by atoms with Crippen molar-refractivity contribution in [2.24, 2.45) is 0 Å². The molecule has 1 amide bonds. The van der Waals surface area contributed by atoms with Crippen LogP contribution >= 0.6 is 23.2 Å². The summed E-state index contributed by atoms with van der Waals surface area (Å²) in [5.74, 6) is -0.705. The van der Waals surface area contributed by atoms with Crippen molar-refractivity contribution in [1.82, 2.24) is 0 Å². The van der Waals surface area contributed by atoms with Gasteiger partial charge in [0, 0.05) is 23.9 Å². The fraction of sp³-hybridized carbons (Fsp3) is 0.0952. The monoisotopic (exact) mass is 483 g/mol. The molecule has 0 aliphatic carbocycles. The maximum atomic E-state index is 12.6. The third-order valence-electron chi connectivity index (χ3n) is 4.39. The SMILES string of the molecule is O=C(Nc1ccc(C(F)(F)F)cc1)c1ccc(NCc2ccc(Cl)c(Cl)c2)c([N+](=O)[O-])c1. The van der Waals surface area contributed by atoms with Crippen molar-refractivity contribution in [3.05, 3.63) is 97.5 Å². The fourth-order valence-corrected chi connectivity index (χ4v) is 3.09. The lowest BCUT2D eigenvalue weighted by Crippen LogP contribution is -2.13. The smallest absolute Gasteiger partial charge is 0.375 e.